The fourth-order valence-electron chi connectivity index (χ4n) is 3.19. The molecule has 2 aliphatic heterocycles. The van der Waals surface area contributed by atoms with Gasteiger partial charge in [-0.15, -0.1) is 11.3 Å². The van der Waals surface area contributed by atoms with Crippen LogP contribution in [0.4, 0.5) is 11.9 Å². The van der Waals surface area contributed by atoms with E-state index in [4.69, 9.17) is 29.4 Å². The van der Waals surface area contributed by atoms with Crippen LogP contribution in [0, 0.1) is 6.92 Å². The first-order valence-corrected chi connectivity index (χ1v) is 10.6. The number of nitrogens with zero attached hydrogens (tertiary/aromatic N) is 6. The number of rotatable bonds is 3. The van der Waals surface area contributed by atoms with Crippen LogP contribution in [0.5, 0.6) is 0 Å². The van der Waals surface area contributed by atoms with Crippen LogP contribution >= 0.6 is 11.3 Å². The Morgan fingerprint density at radius 1 is 0.786 bits per heavy atom. The highest BCUT2D eigenvalue weighted by atomic mass is 32.1. The summed E-state index contributed by atoms with van der Waals surface area (Å²) in [6.45, 7) is 14.6. The zero-order valence-corrected chi connectivity index (χ0v) is 17.9. The lowest BCUT2D eigenvalue weighted by molar-refractivity contribution is 0.121. The van der Waals surface area contributed by atoms with E-state index in [1.807, 2.05) is 0 Å². The summed E-state index contributed by atoms with van der Waals surface area (Å²) < 4.78 is 11.0. The molecule has 2 aromatic rings. The summed E-state index contributed by atoms with van der Waals surface area (Å²) in [6, 6.07) is 0. The van der Waals surface area contributed by atoms with E-state index in [1.165, 1.54) is 0 Å². The zero-order valence-electron chi connectivity index (χ0n) is 17.1. The van der Waals surface area contributed by atoms with E-state index in [1.54, 1.807) is 11.3 Å². The molecule has 2 aromatic heterocycles. The normalized spacial score (nSPS) is 18.6. The van der Waals surface area contributed by atoms with Crippen LogP contribution in [0.1, 0.15) is 30.7 Å². The van der Waals surface area contributed by atoms with Crippen LogP contribution in [0.15, 0.2) is 0 Å². The van der Waals surface area contributed by atoms with Gasteiger partial charge in [0.15, 0.2) is 5.82 Å². The summed E-state index contributed by atoms with van der Waals surface area (Å²) in [5, 5.41) is 1.10. The highest BCUT2D eigenvalue weighted by Gasteiger charge is 2.25. The third kappa shape index (κ3) is 4.11. The van der Waals surface area contributed by atoms with Crippen LogP contribution < -0.4 is 9.80 Å². The minimum absolute atomic E-state index is 0.000778. The number of hydrogen-bond donors (Lipinski definition) is 0. The molecule has 2 aliphatic rings. The van der Waals surface area contributed by atoms with Crippen molar-refractivity contribution in [2.75, 3.05) is 62.4 Å². The van der Waals surface area contributed by atoms with Gasteiger partial charge in [0.1, 0.15) is 5.69 Å². The average molecular weight is 405 g/mol. The van der Waals surface area contributed by atoms with E-state index in [0.29, 0.717) is 44.1 Å². The highest BCUT2D eigenvalue weighted by molar-refractivity contribution is 7.12. The predicted molar refractivity (Wildman–Crippen MR) is 110 cm³/mol. The van der Waals surface area contributed by atoms with Gasteiger partial charge < -0.3 is 19.3 Å². The summed E-state index contributed by atoms with van der Waals surface area (Å²) in [5.74, 6) is 2.07. The standard InChI is InChI=1S/C19H28N6O2S/c1-13-14(20-16(28-13)19(2,3)4)15-21-17(24-5-9-26-10-6-24)23-18(22-15)25-7-11-27-12-8-25/h5-12H2,1-4H3. The molecule has 0 aromatic carbocycles. The summed E-state index contributed by atoms with van der Waals surface area (Å²) in [5.41, 5.74) is 0.863. The van der Waals surface area contributed by atoms with Crippen molar-refractivity contribution in [3.8, 4) is 11.5 Å². The Morgan fingerprint density at radius 3 is 1.71 bits per heavy atom. The van der Waals surface area contributed by atoms with Gasteiger partial charge in [0.2, 0.25) is 11.9 Å². The minimum Gasteiger partial charge on any atom is -0.378 e. The van der Waals surface area contributed by atoms with Gasteiger partial charge in [-0.25, -0.2) is 4.98 Å². The first kappa shape index (κ1) is 19.5. The molecule has 9 heteroatoms. The number of thiazole rings is 1. The molecule has 0 N–H and O–H groups in total. The molecule has 4 heterocycles. The number of aromatic nitrogens is 4. The lowest BCUT2D eigenvalue weighted by Crippen LogP contribution is -2.40. The van der Waals surface area contributed by atoms with Gasteiger partial charge in [-0.3, -0.25) is 0 Å². The second-order valence-corrected chi connectivity index (χ2v) is 9.33. The van der Waals surface area contributed by atoms with Gasteiger partial charge >= 0.3 is 0 Å². The van der Waals surface area contributed by atoms with Gasteiger partial charge in [-0.05, 0) is 6.92 Å². The first-order valence-electron chi connectivity index (χ1n) is 9.81. The Labute approximate surface area is 169 Å². The molecule has 0 spiro atoms. The van der Waals surface area contributed by atoms with Crippen molar-refractivity contribution in [3.63, 3.8) is 0 Å². The quantitative estimate of drug-likeness (QED) is 0.771. The van der Waals surface area contributed by atoms with Crippen LogP contribution in [0.25, 0.3) is 11.5 Å². The second kappa shape index (κ2) is 7.88. The Kier molecular flexibility index (Phi) is 5.48. The van der Waals surface area contributed by atoms with Crippen molar-refractivity contribution in [3.05, 3.63) is 9.88 Å². The fourth-order valence-corrected chi connectivity index (χ4v) is 4.16. The van der Waals surface area contributed by atoms with E-state index < -0.39 is 0 Å². The maximum absolute atomic E-state index is 5.49. The Morgan fingerprint density at radius 2 is 1.29 bits per heavy atom. The number of ether oxygens (including phenoxy) is 2. The van der Waals surface area contributed by atoms with Gasteiger partial charge in [-0.1, -0.05) is 20.8 Å². The second-order valence-electron chi connectivity index (χ2n) is 8.13. The maximum Gasteiger partial charge on any atom is 0.230 e. The summed E-state index contributed by atoms with van der Waals surface area (Å²) in [7, 11) is 0. The summed E-state index contributed by atoms with van der Waals surface area (Å²) in [4.78, 5) is 24.8. The molecule has 0 unspecified atom stereocenters. The fraction of sp³-hybridized carbons (Fsp3) is 0.684. The molecule has 2 fully saturated rings. The van der Waals surface area contributed by atoms with Crippen molar-refractivity contribution >= 4 is 23.2 Å². The first-order chi connectivity index (χ1) is 13.4. The molecule has 0 bridgehead atoms. The van der Waals surface area contributed by atoms with Crippen LogP contribution in [-0.2, 0) is 14.9 Å². The number of hydrogen-bond acceptors (Lipinski definition) is 9. The SMILES string of the molecule is Cc1sc(C(C)(C)C)nc1-c1nc(N2CCOCC2)nc(N2CCOCC2)n1. The third-order valence-electron chi connectivity index (χ3n) is 4.85. The van der Waals surface area contributed by atoms with Crippen molar-refractivity contribution in [1.29, 1.82) is 0 Å². The van der Waals surface area contributed by atoms with Gasteiger partial charge in [0.25, 0.3) is 0 Å². The minimum atomic E-state index is 0.000778. The Bertz CT molecular complexity index is 786. The van der Waals surface area contributed by atoms with E-state index in [9.17, 15) is 0 Å². The molecule has 8 nitrogen and oxygen atoms in total. The average Bonchev–Trinajstić information content (AvgIpc) is 3.11. The van der Waals surface area contributed by atoms with Crippen molar-refractivity contribution in [2.24, 2.45) is 0 Å². The smallest absolute Gasteiger partial charge is 0.230 e. The maximum atomic E-state index is 5.49. The molecular formula is C19H28N6O2S. The molecule has 0 saturated carbocycles. The molecule has 0 atom stereocenters. The van der Waals surface area contributed by atoms with Crippen molar-refractivity contribution in [2.45, 2.75) is 33.1 Å². The molecular weight excluding hydrogens is 376 g/mol. The van der Waals surface area contributed by atoms with E-state index in [2.05, 4.69) is 37.5 Å². The number of anilines is 2. The number of morpholine rings is 2. The Balaban J connectivity index is 1.76. The molecule has 0 aliphatic carbocycles. The summed E-state index contributed by atoms with van der Waals surface area (Å²) in [6.07, 6.45) is 0. The van der Waals surface area contributed by atoms with E-state index >= 15 is 0 Å². The predicted octanol–water partition coefficient (Wildman–Crippen LogP) is 2.27. The lowest BCUT2D eigenvalue weighted by atomic mass is 9.98. The van der Waals surface area contributed by atoms with Crippen LogP contribution in [-0.4, -0.2) is 72.5 Å². The van der Waals surface area contributed by atoms with Gasteiger partial charge in [0, 0.05) is 36.5 Å². The van der Waals surface area contributed by atoms with Crippen LogP contribution in [0.3, 0.4) is 0 Å². The van der Waals surface area contributed by atoms with Crippen LogP contribution in [0.2, 0.25) is 0 Å². The van der Waals surface area contributed by atoms with Gasteiger partial charge in [0.05, 0.1) is 31.4 Å². The van der Waals surface area contributed by atoms with Crippen molar-refractivity contribution < 1.29 is 9.47 Å². The van der Waals surface area contributed by atoms with Crippen molar-refractivity contribution in [1.82, 2.24) is 19.9 Å². The third-order valence-corrected chi connectivity index (χ3v) is 6.25. The monoisotopic (exact) mass is 404 g/mol. The number of aryl methyl sites for hydroxylation is 1. The largest absolute Gasteiger partial charge is 0.378 e. The van der Waals surface area contributed by atoms with E-state index in [-0.39, 0.29) is 5.41 Å². The Hall–Kier alpha value is -1.84. The topological polar surface area (TPSA) is 76.5 Å². The van der Waals surface area contributed by atoms with E-state index in [0.717, 1.165) is 41.8 Å². The molecule has 0 radical (unpaired) electrons. The lowest BCUT2D eigenvalue weighted by Gasteiger charge is -2.30. The molecule has 4 rings (SSSR count). The zero-order chi connectivity index (χ0) is 19.7. The highest BCUT2D eigenvalue weighted by Crippen LogP contribution is 2.33. The molecule has 0 amide bonds. The molecule has 28 heavy (non-hydrogen) atoms. The summed E-state index contributed by atoms with van der Waals surface area (Å²) >= 11 is 1.72. The van der Waals surface area contributed by atoms with Gasteiger partial charge in [-0.2, -0.15) is 15.0 Å². The molecule has 152 valence electrons. The molecule has 2 saturated heterocycles.